The van der Waals surface area contributed by atoms with E-state index in [1.54, 1.807) is 0 Å². The fourth-order valence-corrected chi connectivity index (χ4v) is 0.515. The van der Waals surface area contributed by atoms with Crippen LogP contribution in [0.3, 0.4) is 0 Å². The minimum absolute atomic E-state index is 0. The number of nitrogens with two attached hydrogens (primary N) is 1. The van der Waals surface area contributed by atoms with Gasteiger partial charge in [-0.05, 0) is 19.4 Å². The zero-order valence-electron chi connectivity index (χ0n) is 5.68. The number of ether oxygens (including phenoxy) is 1. The summed E-state index contributed by atoms with van der Waals surface area (Å²) >= 11 is 0. The van der Waals surface area contributed by atoms with Crippen LogP contribution in [-0.4, -0.2) is 31.5 Å². The topological polar surface area (TPSA) is 55.5 Å². The number of rotatable bonds is 6. The van der Waals surface area contributed by atoms with Crippen molar-refractivity contribution in [1.29, 1.82) is 0 Å². The van der Waals surface area contributed by atoms with Crippen LogP contribution in [0.2, 0.25) is 0 Å². The maximum Gasteiger partial charge on any atom is 0.0697 e. The third-order valence-electron chi connectivity index (χ3n) is 0.978. The van der Waals surface area contributed by atoms with Crippen LogP contribution in [0.25, 0.3) is 0 Å². The van der Waals surface area contributed by atoms with E-state index in [1.807, 2.05) is 0 Å². The zero-order valence-corrected chi connectivity index (χ0v) is 5.68. The first-order valence-corrected chi connectivity index (χ1v) is 3.30. The van der Waals surface area contributed by atoms with Gasteiger partial charge >= 0.3 is 0 Å². The molecule has 58 valence electrons. The van der Waals surface area contributed by atoms with Gasteiger partial charge in [0.2, 0.25) is 0 Å². The molecular weight excluding hydrogens is 118 g/mol. The van der Waals surface area contributed by atoms with Crippen molar-refractivity contribution in [3.63, 3.8) is 0 Å². The van der Waals surface area contributed by atoms with Gasteiger partial charge in [-0.1, -0.05) is 0 Å². The number of hydrogen-bond acceptors (Lipinski definition) is 3. The molecule has 0 bridgehead atoms. The average Bonchev–Trinajstić information content (AvgIpc) is 1.89. The molecule has 0 aromatic heterocycles. The van der Waals surface area contributed by atoms with Gasteiger partial charge in [-0.3, -0.25) is 0 Å². The van der Waals surface area contributed by atoms with Gasteiger partial charge in [0.25, 0.3) is 0 Å². The highest BCUT2D eigenvalue weighted by atomic mass is 16.5. The van der Waals surface area contributed by atoms with Crippen molar-refractivity contribution in [3.05, 3.63) is 0 Å². The molecule has 0 radical (unpaired) electrons. The molecular formula is C6H17NO2. The van der Waals surface area contributed by atoms with E-state index in [1.165, 1.54) is 0 Å². The Morgan fingerprint density at radius 3 is 2.67 bits per heavy atom. The Balaban J connectivity index is 0. The summed E-state index contributed by atoms with van der Waals surface area (Å²) in [4.78, 5) is 0. The third-order valence-corrected chi connectivity index (χ3v) is 0.978. The highest BCUT2D eigenvalue weighted by molar-refractivity contribution is 4.38. The zero-order chi connectivity index (χ0) is 6.95. The van der Waals surface area contributed by atoms with Crippen LogP contribution in [0.4, 0.5) is 0 Å². The first-order valence-electron chi connectivity index (χ1n) is 3.30. The van der Waals surface area contributed by atoms with Crippen molar-refractivity contribution in [1.82, 2.24) is 0 Å². The summed E-state index contributed by atoms with van der Waals surface area (Å²) in [6.45, 7) is 2.01. The Hall–Kier alpha value is -0.120. The van der Waals surface area contributed by atoms with E-state index in [2.05, 4.69) is 0 Å². The summed E-state index contributed by atoms with van der Waals surface area (Å²) < 4.78 is 4.98. The SMILES string of the molecule is NCCCCOCCO.[HH]. The van der Waals surface area contributed by atoms with Crippen molar-refractivity contribution >= 4 is 0 Å². The van der Waals surface area contributed by atoms with E-state index in [0.717, 1.165) is 26.0 Å². The highest BCUT2D eigenvalue weighted by Gasteiger charge is 1.85. The summed E-state index contributed by atoms with van der Waals surface area (Å²) in [5.41, 5.74) is 5.24. The van der Waals surface area contributed by atoms with Crippen molar-refractivity contribution in [2.75, 3.05) is 26.4 Å². The van der Waals surface area contributed by atoms with E-state index in [0.29, 0.717) is 6.61 Å². The largest absolute Gasteiger partial charge is 0.394 e. The molecule has 3 nitrogen and oxygen atoms in total. The lowest BCUT2D eigenvalue weighted by Gasteiger charge is -1.98. The smallest absolute Gasteiger partial charge is 0.0697 e. The van der Waals surface area contributed by atoms with E-state index >= 15 is 0 Å². The maximum atomic E-state index is 8.27. The van der Waals surface area contributed by atoms with Crippen LogP contribution in [-0.2, 0) is 4.74 Å². The van der Waals surface area contributed by atoms with Crippen LogP contribution >= 0.6 is 0 Å². The molecule has 3 N–H and O–H groups in total. The first-order chi connectivity index (χ1) is 4.41. The molecule has 0 atom stereocenters. The number of aliphatic hydroxyl groups is 1. The summed E-state index contributed by atoms with van der Waals surface area (Å²) in [6, 6.07) is 0. The summed E-state index contributed by atoms with van der Waals surface area (Å²) in [5.74, 6) is 0. The van der Waals surface area contributed by atoms with Crippen LogP contribution in [0.15, 0.2) is 0 Å². The van der Waals surface area contributed by atoms with Gasteiger partial charge in [-0.15, -0.1) is 0 Å². The van der Waals surface area contributed by atoms with Gasteiger partial charge in [0, 0.05) is 8.03 Å². The maximum absolute atomic E-state index is 8.27. The first kappa shape index (κ1) is 8.88. The molecule has 9 heavy (non-hydrogen) atoms. The molecule has 3 heteroatoms. The molecule has 0 aliphatic rings. The monoisotopic (exact) mass is 135 g/mol. The fraction of sp³-hybridized carbons (Fsp3) is 1.00. The Labute approximate surface area is 57.3 Å². The van der Waals surface area contributed by atoms with Gasteiger partial charge in [-0.25, -0.2) is 0 Å². The quantitative estimate of drug-likeness (QED) is 0.503. The van der Waals surface area contributed by atoms with Crippen LogP contribution < -0.4 is 5.73 Å². The lowest BCUT2D eigenvalue weighted by atomic mass is 10.3. The fourth-order valence-electron chi connectivity index (χ4n) is 0.515. The molecule has 0 aromatic rings. The van der Waals surface area contributed by atoms with Gasteiger partial charge in [0.05, 0.1) is 13.2 Å². The molecule has 0 aliphatic carbocycles. The van der Waals surface area contributed by atoms with E-state index in [-0.39, 0.29) is 8.03 Å². The lowest BCUT2D eigenvalue weighted by Crippen LogP contribution is -2.04. The van der Waals surface area contributed by atoms with Crippen molar-refractivity contribution in [3.8, 4) is 0 Å². The molecule has 0 aromatic carbocycles. The Kier molecular flexibility index (Phi) is 7.77. The molecule has 0 aliphatic heterocycles. The summed E-state index contributed by atoms with van der Waals surface area (Å²) in [5, 5.41) is 8.27. The number of unbranched alkanes of at least 4 members (excludes halogenated alkanes) is 1. The molecule has 0 rings (SSSR count). The Morgan fingerprint density at radius 1 is 1.33 bits per heavy atom. The average molecular weight is 135 g/mol. The second-order valence-corrected chi connectivity index (χ2v) is 1.83. The van der Waals surface area contributed by atoms with Gasteiger partial charge in [-0.2, -0.15) is 0 Å². The van der Waals surface area contributed by atoms with Crippen LogP contribution in [0, 0.1) is 0 Å². The van der Waals surface area contributed by atoms with Crippen molar-refractivity contribution in [2.24, 2.45) is 5.73 Å². The molecule has 0 spiro atoms. The standard InChI is InChI=1S/C6H15NO2.H2/c7-3-1-2-5-9-6-4-8;/h8H,1-7H2;1H. The van der Waals surface area contributed by atoms with E-state index < -0.39 is 0 Å². The van der Waals surface area contributed by atoms with Crippen molar-refractivity contribution in [2.45, 2.75) is 12.8 Å². The summed E-state index contributed by atoms with van der Waals surface area (Å²) in [7, 11) is 0. The van der Waals surface area contributed by atoms with Gasteiger partial charge in [0.1, 0.15) is 0 Å². The Morgan fingerprint density at radius 2 is 2.11 bits per heavy atom. The number of hydrogen-bond donors (Lipinski definition) is 2. The molecule has 0 saturated heterocycles. The second kappa shape index (κ2) is 7.88. The lowest BCUT2D eigenvalue weighted by molar-refractivity contribution is 0.0901. The second-order valence-electron chi connectivity index (χ2n) is 1.83. The van der Waals surface area contributed by atoms with Gasteiger partial charge in [0.15, 0.2) is 0 Å². The predicted octanol–water partition coefficient (Wildman–Crippen LogP) is -0.0198. The molecule has 0 amide bonds. The Bertz CT molecular complexity index is 49.0. The normalized spacial score (nSPS) is 10.0. The minimum atomic E-state index is 0. The minimum Gasteiger partial charge on any atom is -0.394 e. The molecule has 0 heterocycles. The van der Waals surface area contributed by atoms with E-state index in [4.69, 9.17) is 15.6 Å². The van der Waals surface area contributed by atoms with Crippen LogP contribution in [0.1, 0.15) is 14.3 Å². The van der Waals surface area contributed by atoms with E-state index in [9.17, 15) is 0 Å². The molecule has 0 saturated carbocycles. The molecule has 0 unspecified atom stereocenters. The third kappa shape index (κ3) is 7.88. The highest BCUT2D eigenvalue weighted by Crippen LogP contribution is 1.85. The van der Waals surface area contributed by atoms with Crippen molar-refractivity contribution < 1.29 is 11.3 Å². The summed E-state index contributed by atoms with van der Waals surface area (Å²) in [6.07, 6.45) is 2.00. The number of aliphatic hydroxyl groups excluding tert-OH is 1. The van der Waals surface area contributed by atoms with Gasteiger partial charge < -0.3 is 15.6 Å². The van der Waals surface area contributed by atoms with Crippen LogP contribution in [0.5, 0.6) is 0 Å². The molecule has 0 fully saturated rings. The predicted molar refractivity (Wildman–Crippen MR) is 38.3 cm³/mol.